The molecule has 0 N–H and O–H groups in total. The Bertz CT molecular complexity index is 128. The van der Waals surface area contributed by atoms with E-state index in [0.717, 1.165) is 6.92 Å². The molecule has 0 aromatic carbocycles. The third kappa shape index (κ3) is 11.8. The van der Waals surface area contributed by atoms with Crippen molar-refractivity contribution in [3.8, 4) is 0 Å². The second-order valence-electron chi connectivity index (χ2n) is 4.17. The number of halogens is 2. The van der Waals surface area contributed by atoms with Crippen LogP contribution in [-0.4, -0.2) is 19.6 Å². The Balaban J connectivity index is 0. The van der Waals surface area contributed by atoms with Gasteiger partial charge in [0.15, 0.2) is 0 Å². The van der Waals surface area contributed by atoms with Crippen molar-refractivity contribution in [3.05, 3.63) is 0 Å². The van der Waals surface area contributed by atoms with Gasteiger partial charge in [-0.1, -0.05) is 27.7 Å². The van der Waals surface area contributed by atoms with Crippen LogP contribution in [-0.2, 0) is 4.74 Å². The lowest BCUT2D eigenvalue weighted by atomic mass is 9.88. The second-order valence-corrected chi connectivity index (χ2v) is 4.17. The molecule has 0 aliphatic heterocycles. The molecular weight excluding hydrogens is 186 g/mol. The van der Waals surface area contributed by atoms with Crippen LogP contribution in [0.4, 0.5) is 8.78 Å². The summed E-state index contributed by atoms with van der Waals surface area (Å²) >= 11 is 0. The van der Waals surface area contributed by atoms with Crippen molar-refractivity contribution < 1.29 is 13.5 Å². The third-order valence-electron chi connectivity index (χ3n) is 1.78. The molecule has 0 amide bonds. The fourth-order valence-corrected chi connectivity index (χ4v) is 1.02. The van der Waals surface area contributed by atoms with Gasteiger partial charge in [0.25, 0.3) is 0 Å². The first kappa shape index (κ1) is 16.3. The molecule has 14 heavy (non-hydrogen) atoms. The number of ether oxygens (including phenoxy) is 1. The lowest BCUT2D eigenvalue weighted by Gasteiger charge is -2.24. The quantitative estimate of drug-likeness (QED) is 0.663. The zero-order chi connectivity index (χ0) is 11.8. The SMILES string of the molecule is CC.COCC(C)(C)CCC(C)(F)F. The van der Waals surface area contributed by atoms with Crippen molar-refractivity contribution in [3.63, 3.8) is 0 Å². The van der Waals surface area contributed by atoms with E-state index < -0.39 is 5.92 Å². The maximum Gasteiger partial charge on any atom is 0.245 e. The molecule has 0 saturated heterocycles. The van der Waals surface area contributed by atoms with Gasteiger partial charge in [0.2, 0.25) is 5.92 Å². The van der Waals surface area contributed by atoms with E-state index in [2.05, 4.69) is 0 Å². The summed E-state index contributed by atoms with van der Waals surface area (Å²) in [4.78, 5) is 0. The summed E-state index contributed by atoms with van der Waals surface area (Å²) in [6.45, 7) is 9.35. The first-order valence-electron chi connectivity index (χ1n) is 5.14. The van der Waals surface area contributed by atoms with E-state index in [0.29, 0.717) is 13.0 Å². The van der Waals surface area contributed by atoms with Crippen molar-refractivity contribution in [1.29, 1.82) is 0 Å². The molecule has 0 atom stereocenters. The Morgan fingerprint density at radius 1 is 1.00 bits per heavy atom. The predicted octanol–water partition coefficient (Wildman–Crippen LogP) is 4.12. The topological polar surface area (TPSA) is 9.23 Å². The summed E-state index contributed by atoms with van der Waals surface area (Å²) in [6, 6.07) is 0. The summed E-state index contributed by atoms with van der Waals surface area (Å²) in [7, 11) is 1.59. The molecule has 0 rings (SSSR count). The monoisotopic (exact) mass is 210 g/mol. The molecule has 0 spiro atoms. The Labute approximate surface area is 86.8 Å². The van der Waals surface area contributed by atoms with Crippen LogP contribution in [0.3, 0.4) is 0 Å². The smallest absolute Gasteiger partial charge is 0.245 e. The van der Waals surface area contributed by atoms with Crippen LogP contribution in [0.1, 0.15) is 47.5 Å². The molecule has 0 saturated carbocycles. The molecule has 88 valence electrons. The van der Waals surface area contributed by atoms with Gasteiger partial charge in [0.1, 0.15) is 0 Å². The molecular formula is C11H24F2O. The maximum absolute atomic E-state index is 12.5. The molecule has 0 aliphatic carbocycles. The van der Waals surface area contributed by atoms with Crippen LogP contribution in [0.5, 0.6) is 0 Å². The average Bonchev–Trinajstić information content (AvgIpc) is 2.04. The fraction of sp³-hybridized carbons (Fsp3) is 1.00. The van der Waals surface area contributed by atoms with Gasteiger partial charge in [-0.05, 0) is 18.8 Å². The summed E-state index contributed by atoms with van der Waals surface area (Å²) < 4.78 is 29.8. The lowest BCUT2D eigenvalue weighted by Crippen LogP contribution is -2.22. The van der Waals surface area contributed by atoms with Gasteiger partial charge in [0, 0.05) is 13.5 Å². The van der Waals surface area contributed by atoms with Crippen LogP contribution in [0.2, 0.25) is 0 Å². The van der Waals surface area contributed by atoms with Gasteiger partial charge < -0.3 is 4.74 Å². The molecule has 1 nitrogen and oxygen atoms in total. The largest absolute Gasteiger partial charge is 0.384 e. The van der Waals surface area contributed by atoms with Gasteiger partial charge in [0.05, 0.1) is 6.61 Å². The minimum absolute atomic E-state index is 0.0661. The minimum Gasteiger partial charge on any atom is -0.384 e. The highest BCUT2D eigenvalue weighted by atomic mass is 19.3. The van der Waals surface area contributed by atoms with E-state index in [-0.39, 0.29) is 11.8 Å². The van der Waals surface area contributed by atoms with E-state index >= 15 is 0 Å². The highest BCUT2D eigenvalue weighted by Gasteiger charge is 2.26. The molecule has 0 aliphatic rings. The van der Waals surface area contributed by atoms with E-state index in [4.69, 9.17) is 4.74 Å². The van der Waals surface area contributed by atoms with Crippen LogP contribution in [0.15, 0.2) is 0 Å². The standard InChI is InChI=1S/C9H18F2O.C2H6/c1-8(2,7-12-4)5-6-9(3,10)11;1-2/h5-7H2,1-4H3;1-2H3. The van der Waals surface area contributed by atoms with Gasteiger partial charge in [-0.3, -0.25) is 0 Å². The van der Waals surface area contributed by atoms with E-state index in [9.17, 15) is 8.78 Å². The highest BCUT2D eigenvalue weighted by Crippen LogP contribution is 2.29. The van der Waals surface area contributed by atoms with Crippen molar-refractivity contribution >= 4 is 0 Å². The summed E-state index contributed by atoms with van der Waals surface area (Å²) in [5.41, 5.74) is -0.145. The maximum atomic E-state index is 12.5. The van der Waals surface area contributed by atoms with E-state index in [1.807, 2.05) is 27.7 Å². The molecule has 0 fully saturated rings. The Hall–Kier alpha value is -0.180. The van der Waals surface area contributed by atoms with Crippen LogP contribution >= 0.6 is 0 Å². The minimum atomic E-state index is -2.55. The van der Waals surface area contributed by atoms with E-state index in [1.165, 1.54) is 0 Å². The van der Waals surface area contributed by atoms with Crippen molar-refractivity contribution in [2.75, 3.05) is 13.7 Å². The summed E-state index contributed by atoms with van der Waals surface area (Å²) in [5, 5.41) is 0. The van der Waals surface area contributed by atoms with E-state index in [1.54, 1.807) is 7.11 Å². The Kier molecular flexibility index (Phi) is 8.31. The molecule has 0 bridgehead atoms. The number of alkyl halides is 2. The van der Waals surface area contributed by atoms with Crippen LogP contribution < -0.4 is 0 Å². The van der Waals surface area contributed by atoms with Gasteiger partial charge in [-0.25, -0.2) is 8.78 Å². The fourth-order valence-electron chi connectivity index (χ4n) is 1.02. The average molecular weight is 210 g/mol. The van der Waals surface area contributed by atoms with Gasteiger partial charge >= 0.3 is 0 Å². The lowest BCUT2D eigenvalue weighted by molar-refractivity contribution is -0.00739. The first-order valence-corrected chi connectivity index (χ1v) is 5.14. The molecule has 0 radical (unpaired) electrons. The number of rotatable bonds is 5. The highest BCUT2D eigenvalue weighted by molar-refractivity contribution is 4.71. The Morgan fingerprint density at radius 2 is 1.43 bits per heavy atom. The summed E-state index contributed by atoms with van der Waals surface area (Å²) in [5.74, 6) is -2.55. The van der Waals surface area contributed by atoms with Gasteiger partial charge in [-0.15, -0.1) is 0 Å². The molecule has 3 heteroatoms. The zero-order valence-corrected chi connectivity index (χ0v) is 10.3. The first-order chi connectivity index (χ1) is 6.27. The molecule has 0 aromatic rings. The Morgan fingerprint density at radius 3 is 1.71 bits per heavy atom. The number of methoxy groups -OCH3 is 1. The molecule has 0 unspecified atom stereocenters. The van der Waals surface area contributed by atoms with Crippen molar-refractivity contribution in [2.24, 2.45) is 5.41 Å². The van der Waals surface area contributed by atoms with Gasteiger partial charge in [-0.2, -0.15) is 0 Å². The molecule has 0 aromatic heterocycles. The number of hydrogen-bond acceptors (Lipinski definition) is 1. The van der Waals surface area contributed by atoms with Crippen LogP contribution in [0.25, 0.3) is 0 Å². The normalized spacial score (nSPS) is 12.0. The van der Waals surface area contributed by atoms with Crippen LogP contribution in [0, 0.1) is 5.41 Å². The zero-order valence-electron chi connectivity index (χ0n) is 10.3. The third-order valence-corrected chi connectivity index (χ3v) is 1.78. The molecule has 0 heterocycles. The summed E-state index contributed by atoms with van der Waals surface area (Å²) in [6.07, 6.45) is 0.424. The van der Waals surface area contributed by atoms with Crippen molar-refractivity contribution in [1.82, 2.24) is 0 Å². The predicted molar refractivity (Wildman–Crippen MR) is 56.9 cm³/mol. The number of hydrogen-bond donors (Lipinski definition) is 0. The second kappa shape index (κ2) is 7.16. The van der Waals surface area contributed by atoms with Crippen molar-refractivity contribution in [2.45, 2.75) is 53.4 Å².